The molecule has 1 aromatic heterocycles. The van der Waals surface area contributed by atoms with Gasteiger partial charge >= 0.3 is 6.18 Å². The van der Waals surface area contributed by atoms with Crippen molar-refractivity contribution in [2.45, 2.75) is 25.1 Å². The van der Waals surface area contributed by atoms with Crippen LogP contribution in [0.1, 0.15) is 18.7 Å². The van der Waals surface area contributed by atoms with Crippen molar-refractivity contribution in [3.8, 4) is 0 Å². The van der Waals surface area contributed by atoms with Crippen LogP contribution >= 0.6 is 11.5 Å². The fraction of sp³-hybridized carbons (Fsp3) is 0.625. The maximum Gasteiger partial charge on any atom is 0.452 e. The van der Waals surface area contributed by atoms with Gasteiger partial charge in [-0.25, -0.2) is 0 Å². The minimum absolute atomic E-state index is 0.0133. The summed E-state index contributed by atoms with van der Waals surface area (Å²) >= 11 is 0.600. The smallest absolute Gasteiger partial charge is 0.354 e. The minimum Gasteiger partial charge on any atom is -0.354 e. The summed E-state index contributed by atoms with van der Waals surface area (Å²) in [6.07, 6.45) is -3.19. The first kappa shape index (κ1) is 12.1. The number of carbonyl (C=O) groups excluding carboxylic acids is 1. The number of aromatic nitrogens is 2. The Hall–Kier alpha value is -1.38. The molecule has 0 aliphatic carbocycles. The topological polar surface area (TPSA) is 66.9 Å². The van der Waals surface area contributed by atoms with E-state index in [2.05, 4.69) is 20.0 Å². The van der Waals surface area contributed by atoms with Crippen molar-refractivity contribution in [1.29, 1.82) is 0 Å². The maximum atomic E-state index is 12.2. The van der Waals surface area contributed by atoms with Crippen molar-refractivity contribution in [3.05, 3.63) is 5.82 Å². The van der Waals surface area contributed by atoms with E-state index in [1.54, 1.807) is 0 Å². The van der Waals surface area contributed by atoms with E-state index >= 15 is 0 Å². The van der Waals surface area contributed by atoms with Gasteiger partial charge in [0.2, 0.25) is 16.9 Å². The Bertz CT molecular complexity index is 419. The van der Waals surface area contributed by atoms with Crippen LogP contribution in [0.5, 0.6) is 0 Å². The number of hydrogen-bond donors (Lipinski definition) is 2. The molecule has 1 fully saturated rings. The Morgan fingerprint density at radius 2 is 2.24 bits per heavy atom. The summed E-state index contributed by atoms with van der Waals surface area (Å²) in [5.41, 5.74) is 0. The molecule has 2 N–H and O–H groups in total. The molecule has 0 bridgehead atoms. The lowest BCUT2D eigenvalue weighted by Crippen LogP contribution is -2.44. The van der Waals surface area contributed by atoms with Crippen LogP contribution in [-0.2, 0) is 11.0 Å². The maximum absolute atomic E-state index is 12.2. The molecule has 0 radical (unpaired) electrons. The van der Waals surface area contributed by atoms with E-state index in [4.69, 9.17) is 0 Å². The highest BCUT2D eigenvalue weighted by Crippen LogP contribution is 2.29. The number of rotatable bonds is 2. The van der Waals surface area contributed by atoms with Crippen molar-refractivity contribution in [2.24, 2.45) is 0 Å². The second-order valence-electron chi connectivity index (χ2n) is 3.55. The number of alkyl halides is 3. The minimum atomic E-state index is -4.55. The molecule has 2 rings (SSSR count). The third-order valence-corrected chi connectivity index (χ3v) is 2.91. The molecule has 1 aromatic rings. The first-order valence-electron chi connectivity index (χ1n) is 4.92. The molecule has 9 heteroatoms. The summed E-state index contributed by atoms with van der Waals surface area (Å²) in [5.74, 6) is -1.40. The van der Waals surface area contributed by atoms with E-state index in [9.17, 15) is 18.0 Å². The zero-order valence-corrected chi connectivity index (χ0v) is 9.36. The van der Waals surface area contributed by atoms with Crippen LogP contribution in [0.4, 0.5) is 18.3 Å². The van der Waals surface area contributed by atoms with Gasteiger partial charge in [-0.2, -0.15) is 22.5 Å². The number of piperidine rings is 1. The molecule has 94 valence electrons. The highest BCUT2D eigenvalue weighted by molar-refractivity contribution is 7.09. The second kappa shape index (κ2) is 4.47. The molecule has 1 atom stereocenters. The molecule has 5 nitrogen and oxygen atoms in total. The average molecular weight is 266 g/mol. The Labute approximate surface area is 98.6 Å². The Morgan fingerprint density at radius 3 is 2.82 bits per heavy atom. The Morgan fingerprint density at radius 1 is 1.47 bits per heavy atom. The van der Waals surface area contributed by atoms with Crippen molar-refractivity contribution >= 4 is 22.6 Å². The normalized spacial score (nSPS) is 21.1. The van der Waals surface area contributed by atoms with Crippen molar-refractivity contribution in [2.75, 3.05) is 11.9 Å². The van der Waals surface area contributed by atoms with Crippen LogP contribution in [0.3, 0.4) is 0 Å². The van der Waals surface area contributed by atoms with Crippen molar-refractivity contribution in [3.63, 3.8) is 0 Å². The van der Waals surface area contributed by atoms with Crippen LogP contribution in [-0.4, -0.2) is 27.9 Å². The van der Waals surface area contributed by atoms with Gasteiger partial charge < -0.3 is 10.6 Å². The fourth-order valence-corrected chi connectivity index (χ4v) is 2.10. The van der Waals surface area contributed by atoms with Crippen LogP contribution < -0.4 is 10.6 Å². The summed E-state index contributed by atoms with van der Waals surface area (Å²) < 4.78 is 39.9. The van der Waals surface area contributed by atoms with Gasteiger partial charge in [-0.1, -0.05) is 0 Å². The van der Waals surface area contributed by atoms with E-state index < -0.39 is 18.0 Å². The highest BCUT2D eigenvalue weighted by Gasteiger charge is 2.36. The number of amides is 1. The van der Waals surface area contributed by atoms with E-state index in [0.717, 1.165) is 6.42 Å². The summed E-state index contributed by atoms with van der Waals surface area (Å²) in [6.45, 7) is 0.598. The third-order valence-electron chi connectivity index (χ3n) is 2.26. The van der Waals surface area contributed by atoms with E-state index in [1.807, 2.05) is 0 Å². The molecule has 0 aromatic carbocycles. The lowest BCUT2D eigenvalue weighted by atomic mass is 10.1. The van der Waals surface area contributed by atoms with Gasteiger partial charge in [0, 0.05) is 18.1 Å². The van der Waals surface area contributed by atoms with Crippen LogP contribution in [0, 0.1) is 0 Å². The molecule has 1 saturated heterocycles. The lowest BCUT2D eigenvalue weighted by Gasteiger charge is -2.21. The molecular formula is C8H9F3N4OS. The van der Waals surface area contributed by atoms with Gasteiger partial charge in [-0.05, 0) is 12.8 Å². The first-order valence-corrected chi connectivity index (χ1v) is 5.69. The summed E-state index contributed by atoms with van der Waals surface area (Å²) in [6, 6.07) is -0.530. The Balaban J connectivity index is 2.03. The highest BCUT2D eigenvalue weighted by atomic mass is 32.1. The number of hydrogen-bond acceptors (Lipinski definition) is 5. The summed E-state index contributed by atoms with van der Waals surface area (Å²) in [4.78, 5) is 14.7. The SMILES string of the molecule is O=C1NCCCC1Nc1nc(C(F)(F)F)ns1. The molecule has 1 amide bonds. The molecule has 17 heavy (non-hydrogen) atoms. The van der Waals surface area contributed by atoms with Gasteiger partial charge in [0.1, 0.15) is 6.04 Å². The number of nitrogens with zero attached hydrogens (tertiary/aromatic N) is 2. The van der Waals surface area contributed by atoms with Gasteiger partial charge in [-0.3, -0.25) is 4.79 Å². The van der Waals surface area contributed by atoms with Crippen molar-refractivity contribution in [1.82, 2.24) is 14.7 Å². The van der Waals surface area contributed by atoms with Crippen molar-refractivity contribution < 1.29 is 18.0 Å². The zero-order valence-electron chi connectivity index (χ0n) is 8.54. The number of carbonyl (C=O) groups is 1. The quantitative estimate of drug-likeness (QED) is 0.845. The second-order valence-corrected chi connectivity index (χ2v) is 4.30. The monoisotopic (exact) mass is 266 g/mol. The van der Waals surface area contributed by atoms with Gasteiger partial charge in [-0.15, -0.1) is 0 Å². The van der Waals surface area contributed by atoms with Crippen LogP contribution in [0.2, 0.25) is 0 Å². The standard InChI is InChI=1S/C8H9F3N4OS/c9-8(10,11)6-14-7(17-15-6)13-4-2-1-3-12-5(4)16/h4H,1-3H2,(H,12,16)(H,13,14,15). The van der Waals surface area contributed by atoms with E-state index in [1.165, 1.54) is 0 Å². The van der Waals surface area contributed by atoms with Crippen LogP contribution in [0.25, 0.3) is 0 Å². The predicted octanol–water partition coefficient (Wildman–Crippen LogP) is 1.25. The number of halogens is 3. The van der Waals surface area contributed by atoms with Gasteiger partial charge in [0.05, 0.1) is 0 Å². The van der Waals surface area contributed by atoms with Gasteiger partial charge in [0.25, 0.3) is 0 Å². The fourth-order valence-electron chi connectivity index (χ4n) is 1.46. The lowest BCUT2D eigenvalue weighted by molar-refractivity contribution is -0.144. The molecule has 1 unspecified atom stereocenters. The summed E-state index contributed by atoms with van der Waals surface area (Å²) in [5, 5.41) is 5.29. The average Bonchev–Trinajstić information content (AvgIpc) is 2.69. The van der Waals surface area contributed by atoms with E-state index in [0.29, 0.717) is 24.5 Å². The molecule has 0 saturated carbocycles. The molecule has 1 aliphatic rings. The summed E-state index contributed by atoms with van der Waals surface area (Å²) in [7, 11) is 0. The molecule has 0 spiro atoms. The first-order chi connectivity index (χ1) is 7.97. The molecular weight excluding hydrogens is 257 g/mol. The largest absolute Gasteiger partial charge is 0.452 e. The zero-order chi connectivity index (χ0) is 12.5. The molecule has 1 aliphatic heterocycles. The molecule has 2 heterocycles. The van der Waals surface area contributed by atoms with Gasteiger partial charge in [0.15, 0.2) is 0 Å². The third kappa shape index (κ3) is 2.84. The Kier molecular flexibility index (Phi) is 3.18. The predicted molar refractivity (Wildman–Crippen MR) is 54.6 cm³/mol. The van der Waals surface area contributed by atoms with Crippen LogP contribution in [0.15, 0.2) is 0 Å². The number of anilines is 1. The number of nitrogens with one attached hydrogen (secondary N) is 2. The van der Waals surface area contributed by atoms with E-state index in [-0.39, 0.29) is 11.0 Å².